The number of methoxy groups -OCH3 is 3. The lowest BCUT2D eigenvalue weighted by atomic mass is 10.3. The Kier molecular flexibility index (Phi) is 11.7. The van der Waals surface area contributed by atoms with Gasteiger partial charge in [0, 0.05) is 61.4 Å². The van der Waals surface area contributed by atoms with E-state index in [4.69, 9.17) is 25.8 Å². The van der Waals surface area contributed by atoms with Crippen molar-refractivity contribution in [2.45, 2.75) is 25.7 Å². The molecule has 2 saturated heterocycles. The van der Waals surface area contributed by atoms with E-state index in [-0.39, 0.29) is 5.75 Å². The predicted octanol–water partition coefficient (Wildman–Crippen LogP) is 8.20. The fraction of sp³-hybridized carbons (Fsp3) is 0.297. The first-order valence-corrected chi connectivity index (χ1v) is 17.1. The van der Waals surface area contributed by atoms with Gasteiger partial charge in [0.2, 0.25) is 11.9 Å². The lowest BCUT2D eigenvalue weighted by Crippen LogP contribution is -2.20. The van der Waals surface area contributed by atoms with Crippen LogP contribution in [0.2, 0.25) is 5.15 Å². The summed E-state index contributed by atoms with van der Waals surface area (Å²) in [6, 6.07) is 23.5. The molecule has 51 heavy (non-hydrogen) atoms. The van der Waals surface area contributed by atoms with Gasteiger partial charge in [0.15, 0.2) is 11.6 Å². The topological polar surface area (TPSA) is 122 Å². The monoisotopic (exact) mass is 713 g/mol. The van der Waals surface area contributed by atoms with Crippen LogP contribution in [0.4, 0.5) is 50.8 Å². The normalized spacial score (nSPS) is 13.7. The number of rotatable bonds is 11. The highest BCUT2D eigenvalue weighted by atomic mass is 35.5. The molecule has 0 bridgehead atoms. The van der Waals surface area contributed by atoms with Gasteiger partial charge in [0.1, 0.15) is 34.1 Å². The van der Waals surface area contributed by atoms with Crippen molar-refractivity contribution in [3.05, 3.63) is 89.8 Å². The van der Waals surface area contributed by atoms with Gasteiger partial charge in [-0.3, -0.25) is 0 Å². The van der Waals surface area contributed by atoms with E-state index in [2.05, 4.69) is 45.7 Å². The molecule has 0 saturated carbocycles. The van der Waals surface area contributed by atoms with Crippen molar-refractivity contribution in [1.29, 1.82) is 0 Å². The molecule has 2 aliphatic heterocycles. The van der Waals surface area contributed by atoms with E-state index in [1.54, 1.807) is 32.4 Å². The zero-order valence-electron chi connectivity index (χ0n) is 28.8. The molecule has 0 spiro atoms. The average Bonchev–Trinajstić information content (AvgIpc) is 3.89. The second kappa shape index (κ2) is 16.9. The second-order valence-electron chi connectivity index (χ2n) is 11.9. The minimum Gasteiger partial charge on any atom is -0.497 e. The average molecular weight is 714 g/mol. The van der Waals surface area contributed by atoms with E-state index in [0.29, 0.717) is 34.4 Å². The second-order valence-corrected chi connectivity index (χ2v) is 12.3. The summed E-state index contributed by atoms with van der Waals surface area (Å²) in [5.41, 5.74) is 2.35. The van der Waals surface area contributed by atoms with Gasteiger partial charge in [-0.25, -0.2) is 9.37 Å². The lowest BCUT2D eigenvalue weighted by molar-refractivity contribution is 0.386. The molecule has 14 heteroatoms. The fourth-order valence-electron chi connectivity index (χ4n) is 5.71. The predicted molar refractivity (Wildman–Crippen MR) is 201 cm³/mol. The minimum atomic E-state index is -0.437. The van der Waals surface area contributed by atoms with Crippen LogP contribution >= 0.6 is 11.6 Å². The quantitative estimate of drug-likeness (QED) is 0.114. The molecule has 2 aromatic heterocycles. The van der Waals surface area contributed by atoms with Gasteiger partial charge in [0.25, 0.3) is 0 Å². The number of hydrogen-bond donors (Lipinski definition) is 3. The standard InChI is InChI=1S/C22H24FN5O2.C15H17ClN4O/c1-29-17-8-5-15(6-9-17)25-22-26-20(14-21(27-22)28-11-3-4-12-28)24-16-7-10-19(30-2)18(23)13-16;1-21-12-6-4-11(5-7-12)17-14-10-13(16)18-15(19-14)20-8-2-3-9-20/h5-10,13-14H,3-4,11-12H2,1-2H3,(H2,24,25,26,27);4-7,10H,2-3,8-9H2,1H3,(H,17,18,19). The summed E-state index contributed by atoms with van der Waals surface area (Å²) in [6.45, 7) is 3.88. The first kappa shape index (κ1) is 35.3. The van der Waals surface area contributed by atoms with Crippen LogP contribution in [0.5, 0.6) is 17.2 Å². The summed E-state index contributed by atoms with van der Waals surface area (Å²) in [5.74, 6) is 4.60. The Balaban J connectivity index is 0.000000187. The molecule has 2 fully saturated rings. The summed E-state index contributed by atoms with van der Waals surface area (Å²) in [6.07, 6.45) is 4.63. The van der Waals surface area contributed by atoms with Crippen molar-refractivity contribution in [1.82, 2.24) is 19.9 Å². The zero-order valence-corrected chi connectivity index (χ0v) is 29.6. The molecule has 0 atom stereocenters. The highest BCUT2D eigenvalue weighted by Gasteiger charge is 2.18. The van der Waals surface area contributed by atoms with Crippen molar-refractivity contribution in [3.63, 3.8) is 0 Å². The van der Waals surface area contributed by atoms with Crippen LogP contribution in [-0.2, 0) is 0 Å². The fourth-order valence-corrected chi connectivity index (χ4v) is 5.89. The smallest absolute Gasteiger partial charge is 0.231 e. The highest BCUT2D eigenvalue weighted by Crippen LogP contribution is 2.29. The Labute approximate surface area is 302 Å². The summed E-state index contributed by atoms with van der Waals surface area (Å²) in [7, 11) is 4.72. The third-order valence-corrected chi connectivity index (χ3v) is 8.54. The molecule has 0 amide bonds. The van der Waals surface area contributed by atoms with Gasteiger partial charge in [-0.05, 0) is 86.3 Å². The molecular weight excluding hydrogens is 673 g/mol. The van der Waals surface area contributed by atoms with E-state index >= 15 is 0 Å². The summed E-state index contributed by atoms with van der Waals surface area (Å²) >= 11 is 6.10. The maximum absolute atomic E-state index is 14.1. The van der Waals surface area contributed by atoms with Crippen molar-refractivity contribution in [2.75, 3.05) is 73.3 Å². The third kappa shape index (κ3) is 9.57. The Morgan fingerprint density at radius 1 is 0.588 bits per heavy atom. The van der Waals surface area contributed by atoms with Crippen LogP contribution in [0.15, 0.2) is 78.9 Å². The molecule has 0 aliphatic carbocycles. The molecule has 12 nitrogen and oxygen atoms in total. The third-order valence-electron chi connectivity index (χ3n) is 8.35. The van der Waals surface area contributed by atoms with E-state index in [1.165, 1.54) is 26.0 Å². The van der Waals surface area contributed by atoms with E-state index in [1.807, 2.05) is 54.6 Å². The number of nitrogens with one attached hydrogen (secondary N) is 3. The van der Waals surface area contributed by atoms with Crippen LogP contribution < -0.4 is 40.0 Å². The van der Waals surface area contributed by atoms with Gasteiger partial charge in [-0.15, -0.1) is 0 Å². The Hall–Kier alpha value is -5.56. The zero-order chi connectivity index (χ0) is 35.6. The molecule has 3 aromatic carbocycles. The molecule has 7 rings (SSSR count). The molecule has 3 N–H and O–H groups in total. The van der Waals surface area contributed by atoms with Gasteiger partial charge in [-0.1, -0.05) is 11.6 Å². The maximum atomic E-state index is 14.1. The van der Waals surface area contributed by atoms with Crippen LogP contribution in [0.1, 0.15) is 25.7 Å². The summed E-state index contributed by atoms with van der Waals surface area (Å²) in [5, 5.41) is 10.1. The van der Waals surface area contributed by atoms with Crippen molar-refractivity contribution in [3.8, 4) is 17.2 Å². The molecule has 266 valence electrons. The number of benzene rings is 3. The Bertz CT molecular complexity index is 1890. The van der Waals surface area contributed by atoms with Crippen molar-refractivity contribution >= 4 is 58.0 Å². The molecule has 0 unspecified atom stereocenters. The van der Waals surface area contributed by atoms with Gasteiger partial charge in [-0.2, -0.15) is 15.0 Å². The number of aromatic nitrogens is 4. The highest BCUT2D eigenvalue weighted by molar-refractivity contribution is 6.29. The molecule has 5 aromatic rings. The first-order chi connectivity index (χ1) is 24.9. The van der Waals surface area contributed by atoms with Crippen LogP contribution in [0.25, 0.3) is 0 Å². The lowest BCUT2D eigenvalue weighted by Gasteiger charge is -2.19. The number of hydrogen-bond acceptors (Lipinski definition) is 12. The Morgan fingerprint density at radius 3 is 1.73 bits per heavy atom. The van der Waals surface area contributed by atoms with Crippen molar-refractivity contribution < 1.29 is 18.6 Å². The van der Waals surface area contributed by atoms with E-state index in [9.17, 15) is 4.39 Å². The maximum Gasteiger partial charge on any atom is 0.231 e. The Morgan fingerprint density at radius 2 is 1.14 bits per heavy atom. The molecular formula is C37H41ClFN9O3. The molecule has 0 radical (unpaired) electrons. The minimum absolute atomic E-state index is 0.197. The van der Waals surface area contributed by atoms with E-state index in [0.717, 1.165) is 67.7 Å². The first-order valence-electron chi connectivity index (χ1n) is 16.8. The van der Waals surface area contributed by atoms with Gasteiger partial charge < -0.3 is 40.0 Å². The summed E-state index contributed by atoms with van der Waals surface area (Å²) in [4.78, 5) is 22.5. The van der Waals surface area contributed by atoms with Crippen molar-refractivity contribution in [2.24, 2.45) is 0 Å². The largest absolute Gasteiger partial charge is 0.497 e. The van der Waals surface area contributed by atoms with Crippen LogP contribution in [0.3, 0.4) is 0 Å². The number of nitrogens with zero attached hydrogens (tertiary/aromatic N) is 6. The van der Waals surface area contributed by atoms with Crippen LogP contribution in [0, 0.1) is 5.82 Å². The SMILES string of the molecule is COc1ccc(Nc2cc(Cl)nc(N3CCCC3)n2)cc1.COc1ccc(Nc2nc(Nc3ccc(OC)c(F)c3)cc(N3CCCC3)n2)cc1. The number of ether oxygens (including phenoxy) is 3. The van der Waals surface area contributed by atoms with Gasteiger partial charge >= 0.3 is 0 Å². The van der Waals surface area contributed by atoms with Gasteiger partial charge in [0.05, 0.1) is 21.3 Å². The molecule has 4 heterocycles. The number of anilines is 8. The summed E-state index contributed by atoms with van der Waals surface area (Å²) < 4.78 is 29.4. The van der Waals surface area contributed by atoms with E-state index < -0.39 is 5.82 Å². The van der Waals surface area contributed by atoms with Crippen LogP contribution in [-0.4, -0.2) is 67.4 Å². The molecule has 2 aliphatic rings. The number of halogens is 2.